The molecule has 154 valence electrons. The first-order valence-electron chi connectivity index (χ1n) is 10.8. The van der Waals surface area contributed by atoms with Gasteiger partial charge in [0.2, 0.25) is 5.82 Å². The molecule has 0 unspecified atom stereocenters. The molecule has 0 amide bonds. The highest BCUT2D eigenvalue weighted by Gasteiger charge is 2.37. The molecule has 1 aliphatic heterocycles. The van der Waals surface area contributed by atoms with Gasteiger partial charge < -0.3 is 4.90 Å². The first kappa shape index (κ1) is 20.2. The van der Waals surface area contributed by atoms with E-state index in [0.717, 1.165) is 18.2 Å². The smallest absolute Gasteiger partial charge is 0.215 e. The number of piperidine rings is 1. The summed E-state index contributed by atoms with van der Waals surface area (Å²) in [5.41, 5.74) is 1.38. The lowest BCUT2D eigenvalue weighted by Gasteiger charge is -2.35. The van der Waals surface area contributed by atoms with E-state index in [2.05, 4.69) is 88.8 Å². The van der Waals surface area contributed by atoms with Crippen molar-refractivity contribution in [2.45, 2.75) is 58.0 Å². The first-order chi connectivity index (χ1) is 14.1. The van der Waals surface area contributed by atoms with Crippen LogP contribution in [0, 0.1) is 5.92 Å². The van der Waals surface area contributed by atoms with Crippen LogP contribution in [0.25, 0.3) is 0 Å². The van der Waals surface area contributed by atoms with Gasteiger partial charge in [-0.1, -0.05) is 43.3 Å². The van der Waals surface area contributed by atoms with Crippen molar-refractivity contribution in [2.24, 2.45) is 5.92 Å². The van der Waals surface area contributed by atoms with Gasteiger partial charge in [-0.05, 0) is 72.9 Å². The second-order valence-electron chi connectivity index (χ2n) is 8.85. The number of tetrazole rings is 1. The number of aromatic nitrogens is 4. The molecule has 1 fully saturated rings. The van der Waals surface area contributed by atoms with Crippen LogP contribution in [0.1, 0.15) is 62.3 Å². The predicted molar refractivity (Wildman–Crippen MR) is 117 cm³/mol. The average Bonchev–Trinajstić information content (AvgIpc) is 3.43. The molecule has 0 radical (unpaired) electrons. The molecule has 0 spiro atoms. The van der Waals surface area contributed by atoms with Crippen molar-refractivity contribution >= 4 is 11.3 Å². The molecule has 0 aliphatic carbocycles. The molecule has 2 aromatic heterocycles. The van der Waals surface area contributed by atoms with Crippen LogP contribution < -0.4 is 4.90 Å². The zero-order valence-corrected chi connectivity index (χ0v) is 18.5. The number of rotatable bonds is 7. The van der Waals surface area contributed by atoms with Crippen LogP contribution in [-0.2, 0) is 12.0 Å². The molecule has 4 rings (SSSR count). The standard InChI is InChI=1S/C23H31N5S/c1-4-23(2,3)28-22(24-25-26-28)21(20-11-8-16-29-20)27-14-12-19(13-15-27)17-18-9-6-5-7-10-18/h5-11,16,19,21H,4,12-15,17H2,1-3H3/p+1/t21-/m1/s1. The van der Waals surface area contributed by atoms with E-state index < -0.39 is 0 Å². The minimum absolute atomic E-state index is 0.0839. The Hall–Kier alpha value is -2.05. The highest BCUT2D eigenvalue weighted by Crippen LogP contribution is 2.28. The summed E-state index contributed by atoms with van der Waals surface area (Å²) in [5.74, 6) is 1.78. The Kier molecular flexibility index (Phi) is 6.11. The van der Waals surface area contributed by atoms with E-state index in [1.807, 2.05) is 11.3 Å². The molecule has 1 aliphatic rings. The molecule has 6 heteroatoms. The summed E-state index contributed by atoms with van der Waals surface area (Å²) < 4.78 is 2.07. The van der Waals surface area contributed by atoms with Crippen LogP contribution in [0.15, 0.2) is 47.8 Å². The van der Waals surface area contributed by atoms with Crippen molar-refractivity contribution < 1.29 is 4.90 Å². The molecular weight excluding hydrogens is 378 g/mol. The predicted octanol–water partition coefficient (Wildman–Crippen LogP) is 3.51. The first-order valence-corrected chi connectivity index (χ1v) is 11.7. The second-order valence-corrected chi connectivity index (χ2v) is 9.83. The van der Waals surface area contributed by atoms with E-state index in [0.29, 0.717) is 0 Å². The van der Waals surface area contributed by atoms with Gasteiger partial charge in [-0.25, -0.2) is 4.68 Å². The lowest BCUT2D eigenvalue weighted by atomic mass is 9.89. The van der Waals surface area contributed by atoms with Crippen molar-refractivity contribution in [3.8, 4) is 0 Å². The number of benzene rings is 1. The lowest BCUT2D eigenvalue weighted by molar-refractivity contribution is -0.932. The molecular formula is C23H32N5S+. The van der Waals surface area contributed by atoms with Crippen molar-refractivity contribution in [2.75, 3.05) is 13.1 Å². The highest BCUT2D eigenvalue weighted by atomic mass is 32.1. The van der Waals surface area contributed by atoms with Gasteiger partial charge in [0.25, 0.3) is 0 Å². The lowest BCUT2D eigenvalue weighted by Crippen LogP contribution is -3.13. The highest BCUT2D eigenvalue weighted by molar-refractivity contribution is 7.10. The van der Waals surface area contributed by atoms with E-state index in [4.69, 9.17) is 0 Å². The van der Waals surface area contributed by atoms with Crippen molar-refractivity contribution in [3.05, 3.63) is 64.1 Å². The summed E-state index contributed by atoms with van der Waals surface area (Å²) in [4.78, 5) is 2.96. The van der Waals surface area contributed by atoms with E-state index in [1.54, 1.807) is 4.90 Å². The van der Waals surface area contributed by atoms with Gasteiger partial charge in [-0.15, -0.1) is 16.4 Å². The second kappa shape index (κ2) is 8.76. The van der Waals surface area contributed by atoms with Crippen LogP contribution in [0.4, 0.5) is 0 Å². The fraction of sp³-hybridized carbons (Fsp3) is 0.522. The number of quaternary nitrogens is 1. The minimum atomic E-state index is -0.0839. The molecule has 1 saturated heterocycles. The SMILES string of the molecule is CCC(C)(C)n1nnnc1[C@@H](c1cccs1)[NH+]1CCC(Cc2ccccc2)CC1. The molecule has 29 heavy (non-hydrogen) atoms. The molecule has 0 saturated carbocycles. The number of thiophene rings is 1. The zero-order valence-electron chi connectivity index (χ0n) is 17.7. The van der Waals surface area contributed by atoms with Crippen LogP contribution in [0.5, 0.6) is 0 Å². The van der Waals surface area contributed by atoms with Crippen molar-refractivity contribution in [1.29, 1.82) is 0 Å². The van der Waals surface area contributed by atoms with Crippen LogP contribution in [0.3, 0.4) is 0 Å². The Labute approximate surface area is 177 Å². The summed E-state index contributed by atoms with van der Waals surface area (Å²) in [6, 6.07) is 15.5. The maximum Gasteiger partial charge on any atom is 0.215 e. The Morgan fingerprint density at radius 2 is 1.90 bits per heavy atom. The summed E-state index contributed by atoms with van der Waals surface area (Å²) in [6.45, 7) is 8.98. The fourth-order valence-corrected chi connectivity index (χ4v) is 5.29. The summed E-state index contributed by atoms with van der Waals surface area (Å²) in [7, 11) is 0. The van der Waals surface area contributed by atoms with E-state index in [9.17, 15) is 0 Å². The number of hydrogen-bond donors (Lipinski definition) is 1. The topological polar surface area (TPSA) is 48.0 Å². The number of likely N-dealkylation sites (tertiary alicyclic amines) is 1. The van der Waals surface area contributed by atoms with Gasteiger partial charge in [0.15, 0.2) is 6.04 Å². The molecule has 1 atom stereocenters. The summed E-state index contributed by atoms with van der Waals surface area (Å²) in [6.07, 6.45) is 4.70. The van der Waals surface area contributed by atoms with E-state index in [1.165, 1.54) is 42.8 Å². The van der Waals surface area contributed by atoms with Gasteiger partial charge in [-0.3, -0.25) is 0 Å². The third kappa shape index (κ3) is 4.43. The number of nitrogens with one attached hydrogen (secondary N) is 1. The fourth-order valence-electron chi connectivity index (χ4n) is 4.41. The largest absolute Gasteiger partial charge is 0.322 e. The van der Waals surface area contributed by atoms with Crippen LogP contribution in [0.2, 0.25) is 0 Å². The Morgan fingerprint density at radius 3 is 2.55 bits per heavy atom. The molecule has 1 aromatic carbocycles. The van der Waals surface area contributed by atoms with E-state index in [-0.39, 0.29) is 11.6 Å². The zero-order chi connectivity index (χ0) is 20.3. The van der Waals surface area contributed by atoms with Gasteiger partial charge in [0.05, 0.1) is 23.5 Å². The van der Waals surface area contributed by atoms with Gasteiger partial charge in [-0.2, -0.15) is 0 Å². The normalized spacial score (nSPS) is 21.2. The van der Waals surface area contributed by atoms with Gasteiger partial charge in [0.1, 0.15) is 0 Å². The quantitative estimate of drug-likeness (QED) is 0.648. The Bertz CT molecular complexity index is 879. The monoisotopic (exact) mass is 410 g/mol. The molecule has 0 bridgehead atoms. The minimum Gasteiger partial charge on any atom is -0.322 e. The third-order valence-corrected chi connectivity index (χ3v) is 7.48. The van der Waals surface area contributed by atoms with Crippen molar-refractivity contribution in [3.63, 3.8) is 0 Å². The Balaban J connectivity index is 1.54. The molecule has 3 heterocycles. The average molecular weight is 411 g/mol. The third-order valence-electron chi connectivity index (χ3n) is 6.54. The molecule has 5 nitrogen and oxygen atoms in total. The summed E-state index contributed by atoms with van der Waals surface area (Å²) >= 11 is 1.82. The van der Waals surface area contributed by atoms with Gasteiger partial charge >= 0.3 is 0 Å². The van der Waals surface area contributed by atoms with Crippen molar-refractivity contribution in [1.82, 2.24) is 20.2 Å². The maximum atomic E-state index is 4.54. The van der Waals surface area contributed by atoms with E-state index >= 15 is 0 Å². The maximum absolute atomic E-state index is 4.54. The Morgan fingerprint density at radius 1 is 1.14 bits per heavy atom. The summed E-state index contributed by atoms with van der Waals surface area (Å²) in [5, 5.41) is 15.2. The number of hydrogen-bond acceptors (Lipinski definition) is 4. The molecule has 1 N–H and O–H groups in total. The van der Waals surface area contributed by atoms with Crippen LogP contribution >= 0.6 is 11.3 Å². The molecule has 3 aromatic rings. The van der Waals surface area contributed by atoms with Gasteiger partial charge in [0, 0.05) is 0 Å². The van der Waals surface area contributed by atoms with Crippen LogP contribution in [-0.4, -0.2) is 33.3 Å². The number of nitrogens with zero attached hydrogens (tertiary/aromatic N) is 4.